The average Bonchev–Trinajstić information content (AvgIpc) is 2.32. The lowest BCUT2D eigenvalue weighted by molar-refractivity contribution is 0.191. The van der Waals surface area contributed by atoms with Crippen LogP contribution in [0.5, 0.6) is 5.75 Å². The Balaban J connectivity index is 2.02. The van der Waals surface area contributed by atoms with Crippen LogP contribution in [0.3, 0.4) is 0 Å². The summed E-state index contributed by atoms with van der Waals surface area (Å²) in [6, 6.07) is 7.87. The van der Waals surface area contributed by atoms with E-state index in [4.69, 9.17) is 4.74 Å². The van der Waals surface area contributed by atoms with E-state index in [1.54, 1.807) is 0 Å². The maximum absolute atomic E-state index is 11.9. The number of hydrogen-bond acceptors (Lipinski definition) is 1. The summed E-state index contributed by atoms with van der Waals surface area (Å²) in [5, 5.41) is 0. The highest BCUT2D eigenvalue weighted by Gasteiger charge is 2.14. The molecule has 15 heavy (non-hydrogen) atoms. The Morgan fingerprint density at radius 3 is 2.33 bits per heavy atom. The van der Waals surface area contributed by atoms with Gasteiger partial charge in [-0.2, -0.15) is 0 Å². The van der Waals surface area contributed by atoms with Gasteiger partial charge in [0.15, 0.2) is 0 Å². The lowest BCUT2D eigenvalue weighted by Gasteiger charge is -2.21. The first-order valence-corrected chi connectivity index (χ1v) is 5.69. The van der Waals surface area contributed by atoms with Crippen LogP contribution in [0.2, 0.25) is 0 Å². The third kappa shape index (κ3) is 2.71. The second-order valence-electron chi connectivity index (χ2n) is 4.16. The van der Waals surface area contributed by atoms with Crippen LogP contribution in [0.15, 0.2) is 24.3 Å². The molecule has 0 heterocycles. The lowest BCUT2D eigenvalue weighted by Crippen LogP contribution is -2.04. The highest BCUT2D eigenvalue weighted by molar-refractivity contribution is 5.29. The highest BCUT2D eigenvalue weighted by atomic mass is 19.1. The molecular formula is C13H17FO. The van der Waals surface area contributed by atoms with Gasteiger partial charge in [-0.1, -0.05) is 31.4 Å². The Hall–Kier alpha value is -1.05. The minimum atomic E-state index is -0.747. The first kappa shape index (κ1) is 10.5. The van der Waals surface area contributed by atoms with Gasteiger partial charge in [0, 0.05) is 0 Å². The summed E-state index contributed by atoms with van der Waals surface area (Å²) < 4.78 is 16.7. The predicted molar refractivity (Wildman–Crippen MR) is 58.9 cm³/mol. The van der Waals surface area contributed by atoms with Gasteiger partial charge in [-0.25, -0.2) is 4.39 Å². The van der Waals surface area contributed by atoms with E-state index in [0.717, 1.165) is 0 Å². The van der Waals surface area contributed by atoms with Crippen molar-refractivity contribution in [3.05, 3.63) is 29.8 Å². The number of halogens is 1. The molecule has 2 rings (SSSR count). The minimum Gasteiger partial charge on any atom is -0.463 e. The van der Waals surface area contributed by atoms with Gasteiger partial charge >= 0.3 is 0 Å². The van der Waals surface area contributed by atoms with Gasteiger partial charge in [-0.05, 0) is 36.5 Å². The molecular weight excluding hydrogens is 191 g/mol. The molecule has 0 N–H and O–H groups in total. The fraction of sp³-hybridized carbons (Fsp3) is 0.538. The van der Waals surface area contributed by atoms with Gasteiger partial charge in [0.05, 0.1) is 0 Å². The Bertz CT molecular complexity index is 288. The van der Waals surface area contributed by atoms with Crippen LogP contribution < -0.4 is 4.74 Å². The van der Waals surface area contributed by atoms with Crippen LogP contribution in [-0.2, 0) is 0 Å². The molecule has 82 valence electrons. The Labute approximate surface area is 90.3 Å². The first-order valence-electron chi connectivity index (χ1n) is 5.69. The Morgan fingerprint density at radius 2 is 1.73 bits per heavy atom. The maximum atomic E-state index is 11.9. The van der Waals surface area contributed by atoms with E-state index < -0.39 is 6.86 Å². The summed E-state index contributed by atoms with van der Waals surface area (Å²) in [4.78, 5) is 0. The average molecular weight is 208 g/mol. The van der Waals surface area contributed by atoms with Crippen LogP contribution in [0.1, 0.15) is 43.6 Å². The standard InChI is InChI=1S/C13H17FO/c14-10-15-13-8-6-12(7-9-13)11-4-2-1-3-5-11/h6-9,11H,1-5,10H2. The predicted octanol–water partition coefficient (Wildman–Crippen LogP) is 4.04. The van der Waals surface area contributed by atoms with Crippen molar-refractivity contribution < 1.29 is 9.13 Å². The molecule has 0 aliphatic heterocycles. The van der Waals surface area contributed by atoms with Crippen LogP contribution in [0, 0.1) is 0 Å². The minimum absolute atomic E-state index is 0.622. The van der Waals surface area contributed by atoms with E-state index in [0.29, 0.717) is 11.7 Å². The van der Waals surface area contributed by atoms with Gasteiger partial charge in [0.25, 0.3) is 0 Å². The van der Waals surface area contributed by atoms with E-state index in [-0.39, 0.29) is 0 Å². The number of hydrogen-bond donors (Lipinski definition) is 0. The van der Waals surface area contributed by atoms with E-state index in [2.05, 4.69) is 12.1 Å². The molecule has 0 amide bonds. The largest absolute Gasteiger partial charge is 0.463 e. The molecule has 1 saturated carbocycles. The van der Waals surface area contributed by atoms with E-state index in [1.165, 1.54) is 37.7 Å². The number of alkyl halides is 1. The Kier molecular flexibility index (Phi) is 3.59. The lowest BCUT2D eigenvalue weighted by atomic mass is 9.84. The van der Waals surface area contributed by atoms with Crippen LogP contribution in [-0.4, -0.2) is 6.86 Å². The van der Waals surface area contributed by atoms with Crippen molar-refractivity contribution in [3.8, 4) is 5.75 Å². The first-order chi connectivity index (χ1) is 7.40. The third-order valence-electron chi connectivity index (χ3n) is 3.18. The van der Waals surface area contributed by atoms with Crippen molar-refractivity contribution in [1.29, 1.82) is 0 Å². The summed E-state index contributed by atoms with van der Waals surface area (Å²) in [6.45, 7) is -0.747. The van der Waals surface area contributed by atoms with Crippen LogP contribution in [0.25, 0.3) is 0 Å². The molecule has 2 heteroatoms. The van der Waals surface area contributed by atoms with Gasteiger partial charge in [-0.3, -0.25) is 0 Å². The van der Waals surface area contributed by atoms with Gasteiger partial charge in [-0.15, -0.1) is 0 Å². The highest BCUT2D eigenvalue weighted by Crippen LogP contribution is 2.33. The van der Waals surface area contributed by atoms with Gasteiger partial charge < -0.3 is 4.74 Å². The second kappa shape index (κ2) is 5.15. The second-order valence-corrected chi connectivity index (χ2v) is 4.16. The fourth-order valence-electron chi connectivity index (χ4n) is 2.34. The summed E-state index contributed by atoms with van der Waals surface area (Å²) in [5.41, 5.74) is 1.38. The van der Waals surface area contributed by atoms with Crippen LogP contribution >= 0.6 is 0 Å². The number of rotatable bonds is 3. The van der Waals surface area contributed by atoms with E-state index >= 15 is 0 Å². The quantitative estimate of drug-likeness (QED) is 0.728. The van der Waals surface area contributed by atoms with Crippen molar-refractivity contribution >= 4 is 0 Å². The van der Waals surface area contributed by atoms with Crippen molar-refractivity contribution in [1.82, 2.24) is 0 Å². The van der Waals surface area contributed by atoms with Crippen molar-refractivity contribution in [2.75, 3.05) is 6.86 Å². The summed E-state index contributed by atoms with van der Waals surface area (Å²) in [5.74, 6) is 1.33. The summed E-state index contributed by atoms with van der Waals surface area (Å²) in [7, 11) is 0. The van der Waals surface area contributed by atoms with Crippen LogP contribution in [0.4, 0.5) is 4.39 Å². The monoisotopic (exact) mass is 208 g/mol. The maximum Gasteiger partial charge on any atom is 0.228 e. The normalized spacial score (nSPS) is 17.7. The zero-order valence-corrected chi connectivity index (χ0v) is 8.92. The SMILES string of the molecule is FCOc1ccc(C2CCCCC2)cc1. The van der Waals surface area contributed by atoms with E-state index in [1.807, 2.05) is 12.1 Å². The molecule has 0 spiro atoms. The molecule has 1 aromatic carbocycles. The van der Waals surface area contributed by atoms with Gasteiger partial charge in [0.2, 0.25) is 6.86 Å². The van der Waals surface area contributed by atoms with Crippen molar-refractivity contribution in [2.45, 2.75) is 38.0 Å². The fourth-order valence-corrected chi connectivity index (χ4v) is 2.34. The molecule has 1 fully saturated rings. The number of benzene rings is 1. The molecule has 0 radical (unpaired) electrons. The molecule has 1 aliphatic carbocycles. The Morgan fingerprint density at radius 1 is 1.07 bits per heavy atom. The topological polar surface area (TPSA) is 9.23 Å². The number of ether oxygens (including phenoxy) is 1. The third-order valence-corrected chi connectivity index (χ3v) is 3.18. The van der Waals surface area contributed by atoms with E-state index in [9.17, 15) is 4.39 Å². The summed E-state index contributed by atoms with van der Waals surface area (Å²) in [6.07, 6.45) is 6.65. The zero-order valence-electron chi connectivity index (χ0n) is 8.92. The molecule has 0 bridgehead atoms. The molecule has 0 atom stereocenters. The zero-order chi connectivity index (χ0) is 10.5. The molecule has 0 saturated heterocycles. The molecule has 1 aromatic rings. The molecule has 0 unspecified atom stereocenters. The van der Waals surface area contributed by atoms with Crippen molar-refractivity contribution in [3.63, 3.8) is 0 Å². The molecule has 1 aliphatic rings. The summed E-state index contributed by atoms with van der Waals surface area (Å²) >= 11 is 0. The van der Waals surface area contributed by atoms with Crippen molar-refractivity contribution in [2.24, 2.45) is 0 Å². The molecule has 0 aromatic heterocycles. The molecule has 1 nitrogen and oxygen atoms in total. The van der Waals surface area contributed by atoms with Gasteiger partial charge in [0.1, 0.15) is 5.75 Å². The smallest absolute Gasteiger partial charge is 0.228 e.